The van der Waals surface area contributed by atoms with Crippen molar-refractivity contribution in [1.82, 2.24) is 0 Å². The van der Waals surface area contributed by atoms with Crippen molar-refractivity contribution < 1.29 is 9.18 Å². The maximum Gasteiger partial charge on any atom is 0.224 e. The van der Waals surface area contributed by atoms with Gasteiger partial charge >= 0.3 is 0 Å². The Balaban J connectivity index is 2.01. The minimum atomic E-state index is -0.253. The molecule has 0 saturated carbocycles. The molecule has 0 fully saturated rings. The fraction of sp³-hybridized carbons (Fsp3) is 0.188. The molecule has 0 aliphatic carbocycles. The van der Waals surface area contributed by atoms with Gasteiger partial charge in [0, 0.05) is 17.1 Å². The van der Waals surface area contributed by atoms with E-state index in [1.807, 2.05) is 12.1 Å². The van der Waals surface area contributed by atoms with Crippen molar-refractivity contribution >= 4 is 23.2 Å². The Hall–Kier alpha value is -1.87. The Bertz CT molecular complexity index is 684. The van der Waals surface area contributed by atoms with E-state index in [-0.39, 0.29) is 11.7 Å². The van der Waals surface area contributed by atoms with E-state index in [2.05, 4.69) is 5.32 Å². The molecule has 0 unspecified atom stereocenters. The number of hydrogen-bond donors (Lipinski definition) is 1. The number of anilines is 1. The third kappa shape index (κ3) is 2.54. The molecule has 102 valence electrons. The molecule has 0 saturated heterocycles. The van der Waals surface area contributed by atoms with Crippen molar-refractivity contribution in [2.45, 2.75) is 19.3 Å². The average molecular weight is 290 g/mol. The predicted molar refractivity (Wildman–Crippen MR) is 77.6 cm³/mol. The Morgan fingerprint density at radius 3 is 2.85 bits per heavy atom. The molecule has 1 amide bonds. The topological polar surface area (TPSA) is 29.1 Å². The van der Waals surface area contributed by atoms with Crippen molar-refractivity contribution in [2.24, 2.45) is 0 Å². The molecule has 1 heterocycles. The van der Waals surface area contributed by atoms with Crippen LogP contribution in [0, 0.1) is 5.82 Å². The highest BCUT2D eigenvalue weighted by Gasteiger charge is 2.19. The smallest absolute Gasteiger partial charge is 0.224 e. The van der Waals surface area contributed by atoms with Crippen LogP contribution in [0.15, 0.2) is 36.4 Å². The highest BCUT2D eigenvalue weighted by atomic mass is 35.5. The van der Waals surface area contributed by atoms with Gasteiger partial charge in [-0.1, -0.05) is 23.7 Å². The van der Waals surface area contributed by atoms with Crippen LogP contribution >= 0.6 is 11.6 Å². The lowest BCUT2D eigenvalue weighted by atomic mass is 9.93. The van der Waals surface area contributed by atoms with Gasteiger partial charge in [-0.25, -0.2) is 4.39 Å². The maximum absolute atomic E-state index is 13.3. The van der Waals surface area contributed by atoms with E-state index in [0.29, 0.717) is 24.3 Å². The quantitative estimate of drug-likeness (QED) is 0.891. The Kier molecular flexibility index (Phi) is 3.45. The second-order valence-corrected chi connectivity index (χ2v) is 5.31. The number of fused-ring (bicyclic) bond motifs is 1. The molecule has 1 N–H and O–H groups in total. The van der Waals surface area contributed by atoms with Gasteiger partial charge in [0.2, 0.25) is 5.91 Å². The number of nitrogens with one attached hydrogen (secondary N) is 1. The maximum atomic E-state index is 13.3. The molecular weight excluding hydrogens is 277 g/mol. The zero-order chi connectivity index (χ0) is 14.1. The summed E-state index contributed by atoms with van der Waals surface area (Å²) in [6, 6.07) is 10.1. The Labute approximate surface area is 121 Å². The van der Waals surface area contributed by atoms with Crippen molar-refractivity contribution in [1.29, 1.82) is 0 Å². The van der Waals surface area contributed by atoms with Crippen molar-refractivity contribution in [3.05, 3.63) is 63.9 Å². The van der Waals surface area contributed by atoms with Crippen LogP contribution < -0.4 is 5.32 Å². The summed E-state index contributed by atoms with van der Waals surface area (Å²) in [5.41, 5.74) is 3.71. The average Bonchev–Trinajstić information content (AvgIpc) is 2.42. The molecular formula is C16H13ClFNO. The normalized spacial score (nSPS) is 13.8. The van der Waals surface area contributed by atoms with Crippen LogP contribution in [0.5, 0.6) is 0 Å². The first-order valence-corrected chi connectivity index (χ1v) is 6.86. The lowest BCUT2D eigenvalue weighted by Crippen LogP contribution is -2.20. The highest BCUT2D eigenvalue weighted by Crippen LogP contribution is 2.32. The summed E-state index contributed by atoms with van der Waals surface area (Å²) in [4.78, 5) is 11.4. The van der Waals surface area contributed by atoms with Crippen LogP contribution in [0.25, 0.3) is 0 Å². The van der Waals surface area contributed by atoms with Crippen LogP contribution in [0.3, 0.4) is 0 Å². The van der Waals surface area contributed by atoms with E-state index in [4.69, 9.17) is 11.6 Å². The number of carbonyl (C=O) groups is 1. The number of amides is 1. The number of rotatable bonds is 2. The minimum Gasteiger partial charge on any atom is -0.326 e. The van der Waals surface area contributed by atoms with E-state index in [0.717, 1.165) is 22.4 Å². The molecule has 2 nitrogen and oxygen atoms in total. The molecule has 1 aliphatic rings. The largest absolute Gasteiger partial charge is 0.326 e. The van der Waals surface area contributed by atoms with Gasteiger partial charge in [0.25, 0.3) is 0 Å². The third-order valence-corrected chi connectivity index (χ3v) is 3.87. The second kappa shape index (κ2) is 5.25. The van der Waals surface area contributed by atoms with Crippen LogP contribution in [0.1, 0.15) is 23.1 Å². The summed E-state index contributed by atoms with van der Waals surface area (Å²) in [7, 11) is 0. The summed E-state index contributed by atoms with van der Waals surface area (Å²) in [6.45, 7) is 0. The number of hydrogen-bond acceptors (Lipinski definition) is 1. The SMILES string of the molecule is O=C1CCc2c(ccc(Cl)c2Cc2cccc(F)c2)N1. The molecule has 0 bridgehead atoms. The van der Waals surface area contributed by atoms with Gasteiger partial charge in [-0.05, 0) is 53.8 Å². The zero-order valence-electron chi connectivity index (χ0n) is 10.7. The molecule has 20 heavy (non-hydrogen) atoms. The lowest BCUT2D eigenvalue weighted by Gasteiger charge is -2.21. The second-order valence-electron chi connectivity index (χ2n) is 4.91. The highest BCUT2D eigenvalue weighted by molar-refractivity contribution is 6.31. The molecule has 0 atom stereocenters. The molecule has 0 spiro atoms. The molecule has 2 aromatic rings. The Morgan fingerprint density at radius 1 is 1.20 bits per heavy atom. The summed E-state index contributed by atoms with van der Waals surface area (Å²) in [5.74, 6) is -0.228. The van der Waals surface area contributed by atoms with Gasteiger partial charge in [-0.2, -0.15) is 0 Å². The third-order valence-electron chi connectivity index (χ3n) is 3.52. The van der Waals surface area contributed by atoms with E-state index >= 15 is 0 Å². The van der Waals surface area contributed by atoms with E-state index < -0.39 is 0 Å². The fourth-order valence-corrected chi connectivity index (χ4v) is 2.80. The van der Waals surface area contributed by atoms with Crippen molar-refractivity contribution in [3.63, 3.8) is 0 Å². The molecule has 3 rings (SSSR count). The van der Waals surface area contributed by atoms with Crippen LogP contribution in [0.2, 0.25) is 5.02 Å². The van der Waals surface area contributed by atoms with Crippen LogP contribution in [-0.2, 0) is 17.6 Å². The summed E-state index contributed by atoms with van der Waals surface area (Å²) >= 11 is 6.28. The summed E-state index contributed by atoms with van der Waals surface area (Å²) < 4.78 is 13.3. The fourth-order valence-electron chi connectivity index (χ4n) is 2.56. The van der Waals surface area contributed by atoms with Gasteiger partial charge in [0.15, 0.2) is 0 Å². The summed E-state index contributed by atoms with van der Waals surface area (Å²) in [5, 5.41) is 3.51. The molecule has 4 heteroatoms. The van der Waals surface area contributed by atoms with Gasteiger partial charge < -0.3 is 5.32 Å². The number of carbonyl (C=O) groups excluding carboxylic acids is 1. The van der Waals surface area contributed by atoms with Gasteiger partial charge in [-0.3, -0.25) is 4.79 Å². The van der Waals surface area contributed by atoms with Crippen LogP contribution in [-0.4, -0.2) is 5.91 Å². The summed E-state index contributed by atoms with van der Waals surface area (Å²) in [6.07, 6.45) is 1.70. The number of halogens is 2. The van der Waals surface area contributed by atoms with Crippen molar-refractivity contribution in [2.75, 3.05) is 5.32 Å². The first-order valence-electron chi connectivity index (χ1n) is 6.48. The predicted octanol–water partition coefficient (Wildman–Crippen LogP) is 3.95. The van der Waals surface area contributed by atoms with E-state index in [1.165, 1.54) is 12.1 Å². The first-order chi connectivity index (χ1) is 9.63. The Morgan fingerprint density at radius 2 is 2.05 bits per heavy atom. The monoisotopic (exact) mass is 289 g/mol. The standard InChI is InChI=1S/C16H13ClFNO/c17-14-5-6-15-12(4-7-16(20)19-15)13(14)9-10-2-1-3-11(18)8-10/h1-3,5-6,8H,4,7,9H2,(H,19,20). The van der Waals surface area contributed by atoms with Gasteiger partial charge in [-0.15, -0.1) is 0 Å². The van der Waals surface area contributed by atoms with Gasteiger partial charge in [0.05, 0.1) is 0 Å². The molecule has 0 radical (unpaired) electrons. The lowest BCUT2D eigenvalue weighted by molar-refractivity contribution is -0.116. The molecule has 2 aromatic carbocycles. The minimum absolute atomic E-state index is 0.0246. The zero-order valence-corrected chi connectivity index (χ0v) is 11.5. The van der Waals surface area contributed by atoms with E-state index in [9.17, 15) is 9.18 Å². The molecule has 1 aliphatic heterocycles. The van der Waals surface area contributed by atoms with Crippen LogP contribution in [0.4, 0.5) is 10.1 Å². The van der Waals surface area contributed by atoms with E-state index in [1.54, 1.807) is 12.1 Å². The van der Waals surface area contributed by atoms with Crippen molar-refractivity contribution in [3.8, 4) is 0 Å². The first kappa shape index (κ1) is 13.1. The van der Waals surface area contributed by atoms with Gasteiger partial charge in [0.1, 0.15) is 5.82 Å². The molecule has 0 aromatic heterocycles. The number of benzene rings is 2.